The van der Waals surface area contributed by atoms with Crippen LogP contribution < -0.4 is 5.32 Å². The van der Waals surface area contributed by atoms with Crippen LogP contribution in [0.4, 0.5) is 5.95 Å². The molecule has 0 aliphatic heterocycles. The van der Waals surface area contributed by atoms with Gasteiger partial charge in [-0.15, -0.1) is 0 Å². The van der Waals surface area contributed by atoms with Crippen molar-refractivity contribution in [1.82, 2.24) is 15.0 Å². The maximum absolute atomic E-state index is 10.4. The minimum Gasteiger partial charge on any atom is -0.378 e. The fourth-order valence-corrected chi connectivity index (χ4v) is 3.31. The van der Waals surface area contributed by atoms with E-state index < -0.39 is 5.60 Å². The van der Waals surface area contributed by atoms with Crippen LogP contribution in [-0.4, -0.2) is 32.7 Å². The van der Waals surface area contributed by atoms with E-state index >= 15 is 0 Å². The molecule has 0 radical (unpaired) electrons. The molecule has 4 rings (SSSR count). The first-order valence-electron chi connectivity index (χ1n) is 8.55. The maximum atomic E-state index is 10.4. The van der Waals surface area contributed by atoms with E-state index in [2.05, 4.69) is 32.1 Å². The number of anilines is 1. The number of H-pyrrole nitrogens is 1. The smallest absolute Gasteiger partial charge is 0.222 e. The van der Waals surface area contributed by atoms with Crippen LogP contribution in [0.5, 0.6) is 0 Å². The van der Waals surface area contributed by atoms with Gasteiger partial charge in [-0.3, -0.25) is 0 Å². The molecule has 0 atom stereocenters. The van der Waals surface area contributed by atoms with Crippen LogP contribution in [0.1, 0.15) is 31.2 Å². The number of aliphatic hydroxyl groups is 1. The van der Waals surface area contributed by atoms with E-state index in [1.165, 1.54) is 0 Å². The molecule has 0 bridgehead atoms. The highest BCUT2D eigenvalue weighted by Gasteiger charge is 2.28. The van der Waals surface area contributed by atoms with Crippen molar-refractivity contribution in [3.05, 3.63) is 42.2 Å². The van der Waals surface area contributed by atoms with Gasteiger partial charge in [0, 0.05) is 41.5 Å². The molecule has 3 N–H and O–H groups in total. The first-order valence-corrected chi connectivity index (χ1v) is 8.55. The van der Waals surface area contributed by atoms with Crippen LogP contribution in [0, 0.1) is 11.8 Å². The van der Waals surface area contributed by atoms with Crippen molar-refractivity contribution in [1.29, 1.82) is 0 Å². The molecule has 1 aromatic carbocycles. The Hall–Kier alpha value is -2.84. The third kappa shape index (κ3) is 3.09. The first kappa shape index (κ1) is 15.7. The second-order valence-corrected chi connectivity index (χ2v) is 6.47. The zero-order valence-electron chi connectivity index (χ0n) is 14.1. The number of fused-ring (bicyclic) bond motifs is 1. The van der Waals surface area contributed by atoms with Gasteiger partial charge in [0.1, 0.15) is 5.60 Å². The standard InChI is InChI=1S/C20H20N4O/c1-21-19-22-11-7-18(24-19)16-13-23-17-5-4-14(12-15(16)17)6-10-20(25)8-2-3-9-20/h4-5,7,11-13,23,25H,2-3,8-9H2,1H3,(H,21,22,24). The average molecular weight is 332 g/mol. The van der Waals surface area contributed by atoms with E-state index in [0.29, 0.717) is 5.95 Å². The van der Waals surface area contributed by atoms with Gasteiger partial charge in [-0.2, -0.15) is 0 Å². The average Bonchev–Trinajstić information content (AvgIpc) is 3.26. The van der Waals surface area contributed by atoms with Gasteiger partial charge < -0.3 is 15.4 Å². The van der Waals surface area contributed by atoms with Crippen LogP contribution >= 0.6 is 0 Å². The van der Waals surface area contributed by atoms with Gasteiger partial charge in [-0.1, -0.05) is 11.8 Å². The number of aromatic amines is 1. The van der Waals surface area contributed by atoms with Crippen LogP contribution in [0.2, 0.25) is 0 Å². The molecule has 0 amide bonds. The Morgan fingerprint density at radius 2 is 2.08 bits per heavy atom. The van der Waals surface area contributed by atoms with Crippen molar-refractivity contribution in [2.24, 2.45) is 0 Å². The summed E-state index contributed by atoms with van der Waals surface area (Å²) < 4.78 is 0. The summed E-state index contributed by atoms with van der Waals surface area (Å²) in [5.74, 6) is 6.81. The third-order valence-electron chi connectivity index (χ3n) is 4.71. The number of nitrogens with one attached hydrogen (secondary N) is 2. The second-order valence-electron chi connectivity index (χ2n) is 6.47. The summed E-state index contributed by atoms with van der Waals surface area (Å²) in [6.45, 7) is 0. The quantitative estimate of drug-likeness (QED) is 0.629. The predicted octanol–water partition coefficient (Wildman–Crippen LogP) is 3.32. The Morgan fingerprint density at radius 1 is 1.24 bits per heavy atom. The fourth-order valence-electron chi connectivity index (χ4n) is 3.31. The molecule has 2 aromatic heterocycles. The summed E-state index contributed by atoms with van der Waals surface area (Å²) in [7, 11) is 1.80. The molecule has 3 aromatic rings. The van der Waals surface area contributed by atoms with Crippen LogP contribution in [-0.2, 0) is 0 Å². The summed E-state index contributed by atoms with van der Waals surface area (Å²) in [6.07, 6.45) is 7.33. The topological polar surface area (TPSA) is 73.8 Å². The van der Waals surface area contributed by atoms with Crippen molar-refractivity contribution >= 4 is 16.9 Å². The summed E-state index contributed by atoms with van der Waals surface area (Å²) >= 11 is 0. The number of hydrogen-bond acceptors (Lipinski definition) is 4. The molecule has 5 nitrogen and oxygen atoms in total. The molecule has 2 heterocycles. The predicted molar refractivity (Wildman–Crippen MR) is 99.2 cm³/mol. The third-order valence-corrected chi connectivity index (χ3v) is 4.71. The lowest BCUT2D eigenvalue weighted by Crippen LogP contribution is -2.20. The molecule has 0 saturated heterocycles. The Kier molecular flexibility index (Phi) is 3.90. The number of nitrogens with zero attached hydrogens (tertiary/aromatic N) is 2. The highest BCUT2D eigenvalue weighted by Crippen LogP contribution is 2.30. The molecule has 126 valence electrons. The Balaban J connectivity index is 1.74. The summed E-state index contributed by atoms with van der Waals surface area (Å²) in [5.41, 5.74) is 2.98. The van der Waals surface area contributed by atoms with Crippen LogP contribution in [0.25, 0.3) is 22.2 Å². The van der Waals surface area contributed by atoms with Crippen molar-refractivity contribution < 1.29 is 5.11 Å². The minimum atomic E-state index is -0.815. The number of hydrogen-bond donors (Lipinski definition) is 3. The lowest BCUT2D eigenvalue weighted by Gasteiger charge is -2.12. The Labute approximate surface area is 146 Å². The summed E-state index contributed by atoms with van der Waals surface area (Å²) in [6, 6.07) is 7.94. The Bertz CT molecular complexity index is 974. The molecule has 5 heteroatoms. The largest absolute Gasteiger partial charge is 0.378 e. The minimum absolute atomic E-state index is 0.589. The summed E-state index contributed by atoms with van der Waals surface area (Å²) in [4.78, 5) is 12.0. The molecule has 25 heavy (non-hydrogen) atoms. The van der Waals surface area contributed by atoms with Gasteiger partial charge >= 0.3 is 0 Å². The highest BCUT2D eigenvalue weighted by molar-refractivity contribution is 5.95. The zero-order chi connectivity index (χ0) is 17.3. The Morgan fingerprint density at radius 3 is 2.88 bits per heavy atom. The van der Waals surface area contributed by atoms with Gasteiger partial charge in [0.25, 0.3) is 0 Å². The van der Waals surface area contributed by atoms with Crippen LogP contribution in [0.3, 0.4) is 0 Å². The lowest BCUT2D eigenvalue weighted by atomic mass is 10.0. The molecular weight excluding hydrogens is 312 g/mol. The van der Waals surface area contributed by atoms with E-state index in [1.807, 2.05) is 30.5 Å². The van der Waals surface area contributed by atoms with Gasteiger partial charge in [-0.25, -0.2) is 9.97 Å². The van der Waals surface area contributed by atoms with Crippen molar-refractivity contribution in [3.63, 3.8) is 0 Å². The molecule has 0 unspecified atom stereocenters. The first-order chi connectivity index (χ1) is 12.2. The molecule has 1 fully saturated rings. The maximum Gasteiger partial charge on any atom is 0.222 e. The molecule has 1 aliphatic rings. The highest BCUT2D eigenvalue weighted by atomic mass is 16.3. The zero-order valence-corrected chi connectivity index (χ0v) is 14.1. The van der Waals surface area contributed by atoms with E-state index in [-0.39, 0.29) is 0 Å². The number of benzene rings is 1. The SMILES string of the molecule is CNc1nccc(-c2c[nH]c3ccc(C#CC4(O)CCCC4)cc23)n1. The number of rotatable bonds is 2. The summed E-state index contributed by atoms with van der Waals surface area (Å²) in [5, 5.41) is 14.4. The van der Waals surface area contributed by atoms with Crippen molar-refractivity contribution in [3.8, 4) is 23.1 Å². The van der Waals surface area contributed by atoms with Crippen molar-refractivity contribution in [2.45, 2.75) is 31.3 Å². The van der Waals surface area contributed by atoms with E-state index in [9.17, 15) is 5.11 Å². The van der Waals surface area contributed by atoms with E-state index in [0.717, 1.165) is 53.4 Å². The van der Waals surface area contributed by atoms with Gasteiger partial charge in [0.05, 0.1) is 5.69 Å². The van der Waals surface area contributed by atoms with Gasteiger partial charge in [0.2, 0.25) is 5.95 Å². The fraction of sp³-hybridized carbons (Fsp3) is 0.300. The normalized spacial score (nSPS) is 15.8. The molecule has 1 aliphatic carbocycles. The van der Waals surface area contributed by atoms with Crippen LogP contribution in [0.15, 0.2) is 36.7 Å². The van der Waals surface area contributed by atoms with E-state index in [4.69, 9.17) is 0 Å². The van der Waals surface area contributed by atoms with E-state index in [1.54, 1.807) is 13.2 Å². The van der Waals surface area contributed by atoms with Gasteiger partial charge in [-0.05, 0) is 49.9 Å². The van der Waals surface area contributed by atoms with Gasteiger partial charge in [0.15, 0.2) is 0 Å². The number of aromatic nitrogens is 3. The molecular formula is C20H20N4O. The second kappa shape index (κ2) is 6.23. The molecule has 1 saturated carbocycles. The molecule has 0 spiro atoms. The van der Waals surface area contributed by atoms with Crippen molar-refractivity contribution in [2.75, 3.05) is 12.4 Å². The monoisotopic (exact) mass is 332 g/mol. The lowest BCUT2D eigenvalue weighted by molar-refractivity contribution is 0.110.